The zero-order valence-electron chi connectivity index (χ0n) is 21.3. The third-order valence-corrected chi connectivity index (χ3v) is 9.22. The second-order valence-electron chi connectivity index (χ2n) is 9.41. The monoisotopic (exact) mass is 567 g/mol. The Labute approximate surface area is 230 Å². The smallest absolute Gasteiger partial charge is 0.243 e. The van der Waals surface area contributed by atoms with Crippen molar-refractivity contribution >= 4 is 45.0 Å². The van der Waals surface area contributed by atoms with Crippen LogP contribution in [0.3, 0.4) is 0 Å². The van der Waals surface area contributed by atoms with Gasteiger partial charge in [-0.05, 0) is 55.5 Å². The van der Waals surface area contributed by atoms with Gasteiger partial charge >= 0.3 is 0 Å². The summed E-state index contributed by atoms with van der Waals surface area (Å²) in [5, 5.41) is 4.02. The number of nitrogens with one attached hydrogen (secondary N) is 1. The Bertz CT molecular complexity index is 1170. The summed E-state index contributed by atoms with van der Waals surface area (Å²) in [5.41, 5.74) is 0.690. The predicted octanol–water partition coefficient (Wildman–Crippen LogP) is 5.26. The molecular weight excluding hydrogens is 533 g/mol. The molecule has 1 atom stereocenters. The van der Waals surface area contributed by atoms with Gasteiger partial charge in [0.15, 0.2) is 0 Å². The molecule has 10 heteroatoms. The number of carbonyl (C=O) groups excluding carboxylic acids is 2. The molecule has 1 fully saturated rings. The van der Waals surface area contributed by atoms with Crippen LogP contribution in [-0.4, -0.2) is 55.1 Å². The quantitative estimate of drug-likeness (QED) is 0.379. The van der Waals surface area contributed by atoms with E-state index in [0.717, 1.165) is 25.7 Å². The number of carbonyl (C=O) groups is 2. The number of hydrogen-bond donors (Lipinski definition) is 1. The fourth-order valence-corrected chi connectivity index (χ4v) is 6.31. The van der Waals surface area contributed by atoms with E-state index < -0.39 is 16.1 Å². The first-order chi connectivity index (χ1) is 17.6. The summed E-state index contributed by atoms with van der Waals surface area (Å²) >= 11 is 12.4. The maximum Gasteiger partial charge on any atom is 0.243 e. The zero-order chi connectivity index (χ0) is 27.0. The molecule has 1 aliphatic rings. The topological polar surface area (TPSA) is 86.8 Å². The van der Waals surface area contributed by atoms with E-state index in [1.165, 1.54) is 11.4 Å². The second-order valence-corrected chi connectivity index (χ2v) is 12.3. The number of benzene rings is 2. The van der Waals surface area contributed by atoms with Crippen LogP contribution in [-0.2, 0) is 26.2 Å². The Kier molecular flexibility index (Phi) is 10.8. The molecule has 0 heterocycles. The average Bonchev–Trinajstić information content (AvgIpc) is 3.38. The first-order valence-corrected chi connectivity index (χ1v) is 14.9. The van der Waals surface area contributed by atoms with E-state index >= 15 is 0 Å². The van der Waals surface area contributed by atoms with E-state index in [-0.39, 0.29) is 42.3 Å². The van der Waals surface area contributed by atoms with Crippen molar-refractivity contribution in [3.05, 3.63) is 64.1 Å². The van der Waals surface area contributed by atoms with E-state index in [9.17, 15) is 18.0 Å². The van der Waals surface area contributed by atoms with Crippen LogP contribution in [0.5, 0.6) is 0 Å². The Balaban J connectivity index is 1.72. The summed E-state index contributed by atoms with van der Waals surface area (Å²) in [7, 11) is -2.15. The van der Waals surface area contributed by atoms with Crippen LogP contribution in [0.1, 0.15) is 57.4 Å². The van der Waals surface area contributed by atoms with Crippen molar-refractivity contribution in [1.82, 2.24) is 14.5 Å². The molecule has 1 aliphatic carbocycles. The standard InChI is InChI=1S/C27H35Cl2N3O4S/c1-3-25(27(34)30-22-10-7-8-11-22)32(19-20-15-16-21(28)18-24(20)29)26(33)14-9-17-31(2)37(35,36)23-12-5-4-6-13-23/h4-6,12-13,15-16,18,22,25H,3,7-11,14,17,19H2,1-2H3,(H,30,34). The van der Waals surface area contributed by atoms with E-state index in [1.807, 2.05) is 6.92 Å². The Morgan fingerprint density at radius 1 is 1.08 bits per heavy atom. The van der Waals surface area contributed by atoms with Gasteiger partial charge in [-0.3, -0.25) is 9.59 Å². The van der Waals surface area contributed by atoms with Gasteiger partial charge in [0.25, 0.3) is 0 Å². The van der Waals surface area contributed by atoms with Crippen LogP contribution in [0.2, 0.25) is 10.0 Å². The summed E-state index contributed by atoms with van der Waals surface area (Å²) in [6, 6.07) is 12.7. The number of rotatable bonds is 12. The normalized spacial score (nSPS) is 15.1. The van der Waals surface area contributed by atoms with Crippen molar-refractivity contribution in [2.75, 3.05) is 13.6 Å². The maximum absolute atomic E-state index is 13.5. The van der Waals surface area contributed by atoms with Crippen molar-refractivity contribution in [3.63, 3.8) is 0 Å². The lowest BCUT2D eigenvalue weighted by molar-refractivity contribution is -0.141. The average molecular weight is 569 g/mol. The molecule has 0 saturated heterocycles. The van der Waals surface area contributed by atoms with E-state index in [4.69, 9.17) is 23.2 Å². The van der Waals surface area contributed by atoms with Crippen LogP contribution >= 0.6 is 23.2 Å². The second kappa shape index (κ2) is 13.6. The minimum absolute atomic E-state index is 0.0903. The minimum Gasteiger partial charge on any atom is -0.352 e. The number of amides is 2. The molecule has 3 rings (SSSR count). The van der Waals surface area contributed by atoms with Crippen molar-refractivity contribution in [1.29, 1.82) is 0 Å². The summed E-state index contributed by atoms with van der Waals surface area (Å²) < 4.78 is 26.9. The Morgan fingerprint density at radius 2 is 1.76 bits per heavy atom. The maximum atomic E-state index is 13.5. The molecule has 0 aromatic heterocycles. The van der Waals surface area contributed by atoms with Crippen molar-refractivity contribution in [2.45, 2.75) is 75.4 Å². The van der Waals surface area contributed by atoms with Crippen molar-refractivity contribution in [2.24, 2.45) is 0 Å². The molecule has 0 radical (unpaired) electrons. The molecule has 1 unspecified atom stereocenters. The van der Waals surface area contributed by atoms with Crippen LogP contribution in [0.25, 0.3) is 0 Å². The fraction of sp³-hybridized carbons (Fsp3) is 0.481. The highest BCUT2D eigenvalue weighted by atomic mass is 35.5. The first-order valence-electron chi connectivity index (χ1n) is 12.7. The lowest BCUT2D eigenvalue weighted by Crippen LogP contribution is -2.51. The summed E-state index contributed by atoms with van der Waals surface area (Å²) in [4.78, 5) is 28.5. The predicted molar refractivity (Wildman–Crippen MR) is 147 cm³/mol. The van der Waals surface area contributed by atoms with E-state index in [1.54, 1.807) is 53.4 Å². The van der Waals surface area contributed by atoms with Crippen LogP contribution in [0.4, 0.5) is 0 Å². The van der Waals surface area contributed by atoms with E-state index in [2.05, 4.69) is 5.32 Å². The van der Waals surface area contributed by atoms with Crippen LogP contribution in [0.15, 0.2) is 53.4 Å². The molecule has 2 aromatic carbocycles. The van der Waals surface area contributed by atoms with E-state index in [0.29, 0.717) is 28.5 Å². The van der Waals surface area contributed by atoms with Crippen LogP contribution in [0, 0.1) is 0 Å². The third-order valence-electron chi connectivity index (χ3n) is 6.76. The van der Waals surface area contributed by atoms with Gasteiger partial charge in [0.2, 0.25) is 21.8 Å². The molecular formula is C27H35Cl2N3O4S. The number of halogens is 2. The van der Waals surface area contributed by atoms with Gasteiger partial charge < -0.3 is 10.2 Å². The van der Waals surface area contributed by atoms with Gasteiger partial charge in [0, 0.05) is 42.6 Å². The molecule has 2 aromatic rings. The number of sulfonamides is 1. The molecule has 1 saturated carbocycles. The van der Waals surface area contributed by atoms with Crippen molar-refractivity contribution < 1.29 is 18.0 Å². The lowest BCUT2D eigenvalue weighted by Gasteiger charge is -2.32. The lowest BCUT2D eigenvalue weighted by atomic mass is 10.1. The van der Waals surface area contributed by atoms with Crippen molar-refractivity contribution in [3.8, 4) is 0 Å². The molecule has 2 amide bonds. The van der Waals surface area contributed by atoms with Gasteiger partial charge in [-0.2, -0.15) is 0 Å². The summed E-state index contributed by atoms with van der Waals surface area (Å²) in [6.07, 6.45) is 4.91. The summed E-state index contributed by atoms with van der Waals surface area (Å²) in [6.45, 7) is 2.20. The highest BCUT2D eigenvalue weighted by molar-refractivity contribution is 7.89. The number of hydrogen-bond acceptors (Lipinski definition) is 4. The molecule has 202 valence electrons. The van der Waals surface area contributed by atoms with Gasteiger partial charge in [-0.15, -0.1) is 0 Å². The number of nitrogens with zero attached hydrogens (tertiary/aromatic N) is 2. The van der Waals surface area contributed by atoms with Gasteiger partial charge in [0.1, 0.15) is 6.04 Å². The fourth-order valence-electron chi connectivity index (χ4n) is 4.61. The molecule has 0 spiro atoms. The third kappa shape index (κ3) is 7.93. The van der Waals surface area contributed by atoms with Gasteiger partial charge in [0.05, 0.1) is 4.90 Å². The SMILES string of the molecule is CCC(C(=O)NC1CCCC1)N(Cc1ccc(Cl)cc1Cl)C(=O)CCCN(C)S(=O)(=O)c1ccccc1. The molecule has 0 bridgehead atoms. The zero-order valence-corrected chi connectivity index (χ0v) is 23.7. The molecule has 0 aliphatic heterocycles. The Hall–Kier alpha value is -2.13. The molecule has 37 heavy (non-hydrogen) atoms. The van der Waals surface area contributed by atoms with Gasteiger partial charge in [-0.1, -0.05) is 67.2 Å². The highest BCUT2D eigenvalue weighted by Gasteiger charge is 2.31. The molecule has 1 N–H and O–H groups in total. The first kappa shape index (κ1) is 29.4. The summed E-state index contributed by atoms with van der Waals surface area (Å²) in [5.74, 6) is -0.401. The largest absolute Gasteiger partial charge is 0.352 e. The van der Waals surface area contributed by atoms with Crippen LogP contribution < -0.4 is 5.32 Å². The highest BCUT2D eigenvalue weighted by Crippen LogP contribution is 2.25. The minimum atomic E-state index is -3.65. The molecule has 7 nitrogen and oxygen atoms in total. The Morgan fingerprint density at radius 3 is 2.38 bits per heavy atom. The van der Waals surface area contributed by atoms with Gasteiger partial charge in [-0.25, -0.2) is 12.7 Å².